The van der Waals surface area contributed by atoms with Crippen LogP contribution in [-0.4, -0.2) is 22.2 Å². The Hall–Kier alpha value is -0.470. The van der Waals surface area contributed by atoms with E-state index in [1.807, 2.05) is 17.8 Å². The van der Waals surface area contributed by atoms with Gasteiger partial charge >= 0.3 is 0 Å². The minimum atomic E-state index is -0.362. The van der Waals surface area contributed by atoms with Crippen LogP contribution in [0.4, 0.5) is 0 Å². The van der Waals surface area contributed by atoms with Gasteiger partial charge in [0.1, 0.15) is 0 Å². The third-order valence-corrected chi connectivity index (χ3v) is 4.27. The molecule has 1 heterocycles. The zero-order valence-electron chi connectivity index (χ0n) is 8.98. The van der Waals surface area contributed by atoms with Crippen molar-refractivity contribution in [3.8, 4) is 0 Å². The summed E-state index contributed by atoms with van der Waals surface area (Å²) >= 11 is 1.88. The lowest BCUT2D eigenvalue weighted by Crippen LogP contribution is -2.27. The molecular weight excluding hydrogens is 204 g/mol. The summed E-state index contributed by atoms with van der Waals surface area (Å²) in [6, 6.07) is 10.5. The molecule has 1 aromatic rings. The van der Waals surface area contributed by atoms with E-state index in [4.69, 9.17) is 0 Å². The third-order valence-electron chi connectivity index (χ3n) is 3.03. The lowest BCUT2D eigenvalue weighted by molar-refractivity contribution is 0.0569. The van der Waals surface area contributed by atoms with Crippen LogP contribution in [0.15, 0.2) is 30.3 Å². The van der Waals surface area contributed by atoms with E-state index in [0.717, 1.165) is 37.2 Å². The minimum absolute atomic E-state index is 0.362. The predicted octanol–water partition coefficient (Wildman–Crippen LogP) is 2.88. The van der Waals surface area contributed by atoms with Gasteiger partial charge in [0.2, 0.25) is 0 Å². The highest BCUT2D eigenvalue weighted by molar-refractivity contribution is 7.99. The fourth-order valence-corrected chi connectivity index (χ4v) is 3.40. The van der Waals surface area contributed by atoms with Gasteiger partial charge in [0.05, 0.1) is 5.60 Å². The van der Waals surface area contributed by atoms with Gasteiger partial charge in [0.15, 0.2) is 0 Å². The Morgan fingerprint density at radius 2 is 2.07 bits per heavy atom. The van der Waals surface area contributed by atoms with Crippen LogP contribution in [0.2, 0.25) is 0 Å². The van der Waals surface area contributed by atoms with Crippen molar-refractivity contribution >= 4 is 11.8 Å². The number of hydrogen-bond acceptors (Lipinski definition) is 2. The fraction of sp³-hybridized carbons (Fsp3) is 0.538. The molecule has 1 aromatic carbocycles. The predicted molar refractivity (Wildman–Crippen MR) is 66.3 cm³/mol. The first-order valence-electron chi connectivity index (χ1n) is 5.63. The molecule has 1 aliphatic rings. The average Bonchev–Trinajstić information content (AvgIpc) is 2.67. The van der Waals surface area contributed by atoms with Gasteiger partial charge in [-0.15, -0.1) is 0 Å². The molecule has 1 atom stereocenters. The van der Waals surface area contributed by atoms with Gasteiger partial charge in [0, 0.05) is 5.75 Å². The second-order valence-corrected chi connectivity index (χ2v) is 5.47. The molecule has 1 fully saturated rings. The third kappa shape index (κ3) is 3.25. The maximum absolute atomic E-state index is 10.1. The van der Waals surface area contributed by atoms with E-state index in [1.54, 1.807) is 0 Å². The molecule has 0 amide bonds. The lowest BCUT2D eigenvalue weighted by atomic mass is 9.95. The molecule has 0 spiro atoms. The number of benzene rings is 1. The number of aryl methyl sites for hydroxylation is 1. The molecule has 1 unspecified atom stereocenters. The second-order valence-electron chi connectivity index (χ2n) is 4.37. The van der Waals surface area contributed by atoms with Crippen LogP contribution in [0.25, 0.3) is 0 Å². The van der Waals surface area contributed by atoms with Gasteiger partial charge < -0.3 is 5.11 Å². The highest BCUT2D eigenvalue weighted by Crippen LogP contribution is 2.31. The molecule has 0 aliphatic carbocycles. The molecule has 82 valence electrons. The van der Waals surface area contributed by atoms with Crippen LogP contribution in [0.5, 0.6) is 0 Å². The molecule has 1 saturated heterocycles. The van der Waals surface area contributed by atoms with Crippen LogP contribution in [0.1, 0.15) is 24.8 Å². The second kappa shape index (κ2) is 5.04. The Bertz CT molecular complexity index is 291. The molecule has 0 bridgehead atoms. The SMILES string of the molecule is OC1(CCCc2ccccc2)CCSC1. The maximum atomic E-state index is 10.1. The van der Waals surface area contributed by atoms with Crippen molar-refractivity contribution in [2.24, 2.45) is 0 Å². The van der Waals surface area contributed by atoms with Crippen molar-refractivity contribution in [1.82, 2.24) is 0 Å². The first-order valence-corrected chi connectivity index (χ1v) is 6.78. The van der Waals surface area contributed by atoms with Gasteiger partial charge in [0.25, 0.3) is 0 Å². The summed E-state index contributed by atoms with van der Waals surface area (Å²) in [6.45, 7) is 0. The molecule has 0 radical (unpaired) electrons. The van der Waals surface area contributed by atoms with E-state index in [1.165, 1.54) is 5.56 Å². The van der Waals surface area contributed by atoms with Gasteiger partial charge in [-0.25, -0.2) is 0 Å². The largest absolute Gasteiger partial charge is 0.389 e. The lowest BCUT2D eigenvalue weighted by Gasteiger charge is -2.20. The summed E-state index contributed by atoms with van der Waals surface area (Å²) < 4.78 is 0. The Kier molecular flexibility index (Phi) is 3.71. The molecule has 15 heavy (non-hydrogen) atoms. The Morgan fingerprint density at radius 3 is 2.73 bits per heavy atom. The molecule has 1 N–H and O–H groups in total. The van der Waals surface area contributed by atoms with Crippen molar-refractivity contribution < 1.29 is 5.11 Å². The fourth-order valence-electron chi connectivity index (χ4n) is 2.06. The summed E-state index contributed by atoms with van der Waals surface area (Å²) in [4.78, 5) is 0. The van der Waals surface area contributed by atoms with Gasteiger partial charge in [-0.1, -0.05) is 30.3 Å². The zero-order chi connectivity index (χ0) is 10.6. The number of aliphatic hydroxyl groups is 1. The Balaban J connectivity index is 1.75. The number of thioether (sulfide) groups is 1. The van der Waals surface area contributed by atoms with Crippen molar-refractivity contribution in [2.75, 3.05) is 11.5 Å². The normalized spacial score (nSPS) is 25.7. The first kappa shape index (κ1) is 11.0. The molecule has 2 rings (SSSR count). The van der Waals surface area contributed by atoms with Crippen molar-refractivity contribution in [1.29, 1.82) is 0 Å². The van der Waals surface area contributed by atoms with E-state index >= 15 is 0 Å². The Morgan fingerprint density at radius 1 is 1.27 bits per heavy atom. The summed E-state index contributed by atoms with van der Waals surface area (Å²) in [5.41, 5.74) is 1.02. The summed E-state index contributed by atoms with van der Waals surface area (Å²) in [5, 5.41) is 10.1. The number of hydrogen-bond donors (Lipinski definition) is 1. The van der Waals surface area contributed by atoms with E-state index in [9.17, 15) is 5.11 Å². The smallest absolute Gasteiger partial charge is 0.0745 e. The summed E-state index contributed by atoms with van der Waals surface area (Å²) in [7, 11) is 0. The van der Waals surface area contributed by atoms with Crippen LogP contribution in [-0.2, 0) is 6.42 Å². The maximum Gasteiger partial charge on any atom is 0.0745 e. The molecule has 1 nitrogen and oxygen atoms in total. The quantitative estimate of drug-likeness (QED) is 0.845. The van der Waals surface area contributed by atoms with Crippen LogP contribution >= 0.6 is 11.8 Å². The van der Waals surface area contributed by atoms with Crippen molar-refractivity contribution in [2.45, 2.75) is 31.3 Å². The Labute approximate surface area is 95.9 Å². The van der Waals surface area contributed by atoms with Crippen LogP contribution in [0, 0.1) is 0 Å². The molecule has 0 aromatic heterocycles. The molecule has 0 saturated carbocycles. The topological polar surface area (TPSA) is 20.2 Å². The van der Waals surface area contributed by atoms with Crippen LogP contribution < -0.4 is 0 Å². The monoisotopic (exact) mass is 222 g/mol. The molecular formula is C13H18OS. The summed E-state index contributed by atoms with van der Waals surface area (Å²) in [6.07, 6.45) is 4.12. The summed E-state index contributed by atoms with van der Waals surface area (Å²) in [5.74, 6) is 2.06. The van der Waals surface area contributed by atoms with Crippen molar-refractivity contribution in [3.05, 3.63) is 35.9 Å². The van der Waals surface area contributed by atoms with E-state index in [0.29, 0.717) is 0 Å². The van der Waals surface area contributed by atoms with E-state index < -0.39 is 0 Å². The highest BCUT2D eigenvalue weighted by Gasteiger charge is 2.30. The zero-order valence-corrected chi connectivity index (χ0v) is 9.80. The molecule has 1 aliphatic heterocycles. The van der Waals surface area contributed by atoms with E-state index in [-0.39, 0.29) is 5.60 Å². The molecule has 2 heteroatoms. The first-order chi connectivity index (χ1) is 7.29. The highest BCUT2D eigenvalue weighted by atomic mass is 32.2. The van der Waals surface area contributed by atoms with Gasteiger partial charge in [-0.3, -0.25) is 0 Å². The van der Waals surface area contributed by atoms with E-state index in [2.05, 4.69) is 24.3 Å². The van der Waals surface area contributed by atoms with Crippen LogP contribution in [0.3, 0.4) is 0 Å². The standard InChI is InChI=1S/C13H18OS/c14-13(9-10-15-11-13)8-4-7-12-5-2-1-3-6-12/h1-3,5-6,14H,4,7-11H2. The van der Waals surface area contributed by atoms with Gasteiger partial charge in [-0.2, -0.15) is 11.8 Å². The average molecular weight is 222 g/mol. The van der Waals surface area contributed by atoms with Gasteiger partial charge in [-0.05, 0) is 37.0 Å². The minimum Gasteiger partial charge on any atom is -0.389 e. The number of rotatable bonds is 4. The van der Waals surface area contributed by atoms with Crippen molar-refractivity contribution in [3.63, 3.8) is 0 Å².